The lowest BCUT2D eigenvalue weighted by Crippen LogP contribution is -2.17. The van der Waals surface area contributed by atoms with Crippen LogP contribution in [-0.2, 0) is 0 Å². The Labute approximate surface area is 102 Å². The summed E-state index contributed by atoms with van der Waals surface area (Å²) in [5.41, 5.74) is 0. The lowest BCUT2D eigenvalue weighted by molar-refractivity contribution is 0.311. The minimum Gasteiger partial charge on any atom is -0.395 e. The third-order valence-electron chi connectivity index (χ3n) is 2.96. The third kappa shape index (κ3) is 3.56. The van der Waals surface area contributed by atoms with E-state index in [1.54, 1.807) is 0 Å². The van der Waals surface area contributed by atoms with Crippen molar-refractivity contribution in [2.75, 3.05) is 23.8 Å². The summed E-state index contributed by atoms with van der Waals surface area (Å²) < 4.78 is 0. The first kappa shape index (κ1) is 12.1. The van der Waals surface area contributed by atoms with E-state index in [1.807, 2.05) is 13.0 Å². The molecular weight excluding hydrogens is 216 g/mol. The van der Waals surface area contributed by atoms with Gasteiger partial charge in [0.2, 0.25) is 0 Å². The highest BCUT2D eigenvalue weighted by Gasteiger charge is 2.15. The second kappa shape index (κ2) is 5.82. The van der Waals surface area contributed by atoms with E-state index in [0.717, 1.165) is 17.5 Å². The average molecular weight is 236 g/mol. The Kier molecular flexibility index (Phi) is 4.14. The predicted molar refractivity (Wildman–Crippen MR) is 68.2 cm³/mol. The molecule has 3 N–H and O–H groups in total. The number of anilines is 2. The summed E-state index contributed by atoms with van der Waals surface area (Å²) in [4.78, 5) is 8.65. The number of aryl methyl sites for hydroxylation is 1. The zero-order valence-corrected chi connectivity index (χ0v) is 10.2. The van der Waals surface area contributed by atoms with Gasteiger partial charge in [-0.1, -0.05) is 12.8 Å². The molecule has 1 aromatic rings. The Morgan fingerprint density at radius 2 is 2.00 bits per heavy atom. The molecule has 1 aromatic heterocycles. The van der Waals surface area contributed by atoms with Crippen molar-refractivity contribution < 1.29 is 5.11 Å². The number of nitrogens with zero attached hydrogens (tertiary/aromatic N) is 2. The van der Waals surface area contributed by atoms with E-state index in [4.69, 9.17) is 5.11 Å². The van der Waals surface area contributed by atoms with Crippen LogP contribution in [0.25, 0.3) is 0 Å². The Morgan fingerprint density at radius 3 is 2.71 bits per heavy atom. The summed E-state index contributed by atoms with van der Waals surface area (Å²) in [6, 6.07) is 2.45. The quantitative estimate of drug-likeness (QED) is 0.723. The van der Waals surface area contributed by atoms with Gasteiger partial charge in [0, 0.05) is 18.7 Å². The van der Waals surface area contributed by atoms with Crippen LogP contribution in [0.5, 0.6) is 0 Å². The minimum absolute atomic E-state index is 0.106. The molecule has 0 aliphatic heterocycles. The van der Waals surface area contributed by atoms with Gasteiger partial charge in [0.25, 0.3) is 0 Å². The highest BCUT2D eigenvalue weighted by atomic mass is 16.3. The van der Waals surface area contributed by atoms with Crippen molar-refractivity contribution in [3.63, 3.8) is 0 Å². The number of rotatable bonds is 5. The van der Waals surface area contributed by atoms with Gasteiger partial charge in [-0.3, -0.25) is 0 Å². The summed E-state index contributed by atoms with van der Waals surface area (Å²) in [6.45, 7) is 2.50. The van der Waals surface area contributed by atoms with Crippen molar-refractivity contribution in [1.82, 2.24) is 9.97 Å². The topological polar surface area (TPSA) is 70.1 Å². The summed E-state index contributed by atoms with van der Waals surface area (Å²) in [7, 11) is 0. The third-order valence-corrected chi connectivity index (χ3v) is 2.96. The molecule has 17 heavy (non-hydrogen) atoms. The number of hydrogen-bond acceptors (Lipinski definition) is 5. The summed E-state index contributed by atoms with van der Waals surface area (Å²) in [5, 5.41) is 15.3. The summed E-state index contributed by atoms with van der Waals surface area (Å²) in [6.07, 6.45) is 5.06. The Bertz CT molecular complexity index is 364. The van der Waals surface area contributed by atoms with Crippen molar-refractivity contribution in [1.29, 1.82) is 0 Å². The molecule has 5 heteroatoms. The van der Waals surface area contributed by atoms with E-state index in [9.17, 15) is 0 Å². The zero-order chi connectivity index (χ0) is 12.1. The van der Waals surface area contributed by atoms with Gasteiger partial charge in [-0.25, -0.2) is 9.97 Å². The first-order valence-corrected chi connectivity index (χ1v) is 6.25. The molecule has 0 bridgehead atoms. The minimum atomic E-state index is 0.106. The fourth-order valence-electron chi connectivity index (χ4n) is 2.20. The zero-order valence-electron chi connectivity index (χ0n) is 10.2. The smallest absolute Gasteiger partial charge is 0.132 e. The van der Waals surface area contributed by atoms with Crippen molar-refractivity contribution in [2.45, 2.75) is 38.6 Å². The van der Waals surface area contributed by atoms with Crippen LogP contribution >= 0.6 is 0 Å². The molecule has 0 saturated heterocycles. The molecule has 0 unspecified atom stereocenters. The average Bonchev–Trinajstić information content (AvgIpc) is 2.78. The summed E-state index contributed by atoms with van der Waals surface area (Å²) >= 11 is 0. The fraction of sp³-hybridized carbons (Fsp3) is 0.667. The largest absolute Gasteiger partial charge is 0.395 e. The molecule has 1 saturated carbocycles. The van der Waals surface area contributed by atoms with E-state index in [-0.39, 0.29) is 6.61 Å². The molecule has 1 heterocycles. The standard InChI is InChI=1S/C12H20N4O/c1-9-14-11(13-6-7-17)8-12(15-9)16-10-4-2-3-5-10/h8,10,17H,2-7H2,1H3,(H2,13,14,15,16). The maximum atomic E-state index is 8.77. The van der Waals surface area contributed by atoms with Crippen LogP contribution in [0.1, 0.15) is 31.5 Å². The molecule has 0 aromatic carbocycles. The van der Waals surface area contributed by atoms with E-state index in [1.165, 1.54) is 25.7 Å². The van der Waals surface area contributed by atoms with Crippen LogP contribution in [-0.4, -0.2) is 34.3 Å². The monoisotopic (exact) mass is 236 g/mol. The van der Waals surface area contributed by atoms with Gasteiger partial charge in [-0.05, 0) is 19.8 Å². The second-order valence-corrected chi connectivity index (χ2v) is 4.46. The van der Waals surface area contributed by atoms with Crippen LogP contribution < -0.4 is 10.6 Å². The van der Waals surface area contributed by atoms with E-state index in [2.05, 4.69) is 20.6 Å². The van der Waals surface area contributed by atoms with Gasteiger partial charge >= 0.3 is 0 Å². The van der Waals surface area contributed by atoms with E-state index >= 15 is 0 Å². The molecule has 0 radical (unpaired) electrons. The molecular formula is C12H20N4O. The number of aliphatic hydroxyl groups excluding tert-OH is 1. The number of hydrogen-bond donors (Lipinski definition) is 3. The van der Waals surface area contributed by atoms with Crippen molar-refractivity contribution in [3.05, 3.63) is 11.9 Å². The van der Waals surface area contributed by atoms with Gasteiger partial charge in [0.15, 0.2) is 0 Å². The molecule has 0 amide bonds. The van der Waals surface area contributed by atoms with E-state index < -0.39 is 0 Å². The number of aromatic nitrogens is 2. The van der Waals surface area contributed by atoms with Crippen molar-refractivity contribution in [3.8, 4) is 0 Å². The van der Waals surface area contributed by atoms with Gasteiger partial charge in [-0.15, -0.1) is 0 Å². The molecule has 1 fully saturated rings. The maximum Gasteiger partial charge on any atom is 0.132 e. The molecule has 0 spiro atoms. The first-order valence-electron chi connectivity index (χ1n) is 6.25. The van der Waals surface area contributed by atoms with Crippen LogP contribution in [0.4, 0.5) is 11.6 Å². The van der Waals surface area contributed by atoms with Crippen LogP contribution in [0, 0.1) is 6.92 Å². The highest BCUT2D eigenvalue weighted by molar-refractivity contribution is 5.48. The molecule has 2 rings (SSSR count). The Hall–Kier alpha value is -1.36. The number of aliphatic hydroxyl groups is 1. The van der Waals surface area contributed by atoms with E-state index in [0.29, 0.717) is 12.6 Å². The SMILES string of the molecule is Cc1nc(NCCO)cc(NC2CCCC2)n1. The Morgan fingerprint density at radius 1 is 1.29 bits per heavy atom. The van der Waals surface area contributed by atoms with Crippen LogP contribution in [0.3, 0.4) is 0 Å². The lowest BCUT2D eigenvalue weighted by atomic mass is 10.2. The molecule has 1 aliphatic carbocycles. The summed E-state index contributed by atoms with van der Waals surface area (Å²) in [5.74, 6) is 2.39. The second-order valence-electron chi connectivity index (χ2n) is 4.46. The maximum absolute atomic E-state index is 8.77. The van der Waals surface area contributed by atoms with Gasteiger partial charge < -0.3 is 15.7 Å². The molecule has 5 nitrogen and oxygen atoms in total. The number of nitrogens with one attached hydrogen (secondary N) is 2. The van der Waals surface area contributed by atoms with Crippen LogP contribution in [0.15, 0.2) is 6.07 Å². The predicted octanol–water partition coefficient (Wildman–Crippen LogP) is 1.54. The van der Waals surface area contributed by atoms with Crippen molar-refractivity contribution in [2.24, 2.45) is 0 Å². The molecule has 94 valence electrons. The van der Waals surface area contributed by atoms with Crippen molar-refractivity contribution >= 4 is 11.6 Å². The normalized spacial score (nSPS) is 16.1. The molecule has 0 atom stereocenters. The van der Waals surface area contributed by atoms with Gasteiger partial charge in [0.1, 0.15) is 17.5 Å². The first-order chi connectivity index (χ1) is 8.28. The lowest BCUT2D eigenvalue weighted by Gasteiger charge is -2.14. The highest BCUT2D eigenvalue weighted by Crippen LogP contribution is 2.22. The molecule has 1 aliphatic rings. The fourth-order valence-corrected chi connectivity index (χ4v) is 2.20. The Balaban J connectivity index is 2.02. The van der Waals surface area contributed by atoms with Gasteiger partial charge in [0.05, 0.1) is 6.61 Å². The van der Waals surface area contributed by atoms with Crippen LogP contribution in [0.2, 0.25) is 0 Å². The van der Waals surface area contributed by atoms with Gasteiger partial charge in [-0.2, -0.15) is 0 Å².